The third kappa shape index (κ3) is 6.84. The van der Waals surface area contributed by atoms with Crippen molar-refractivity contribution in [3.63, 3.8) is 0 Å². The van der Waals surface area contributed by atoms with Crippen LogP contribution in [-0.2, 0) is 0 Å². The maximum atomic E-state index is 5.68. The predicted octanol–water partition coefficient (Wildman–Crippen LogP) is 3.56. The second-order valence-corrected chi connectivity index (χ2v) is 5.87. The Labute approximate surface area is 163 Å². The van der Waals surface area contributed by atoms with E-state index in [1.54, 1.807) is 6.26 Å². The number of hydrogen-bond acceptors (Lipinski definition) is 3. The monoisotopic (exact) mass is 446 g/mol. The van der Waals surface area contributed by atoms with Gasteiger partial charge < -0.3 is 15.1 Å². The molecule has 0 radical (unpaired) electrons. The smallest absolute Gasteiger partial charge is 0.191 e. The molecule has 0 aromatic carbocycles. The van der Waals surface area contributed by atoms with Crippen molar-refractivity contribution in [1.82, 2.24) is 15.5 Å². The Balaban J connectivity index is 0.00000288. The number of guanidine groups is 1. The zero-order valence-corrected chi connectivity index (χ0v) is 17.2. The summed E-state index contributed by atoms with van der Waals surface area (Å²) in [6, 6.07) is 4.30. The van der Waals surface area contributed by atoms with Gasteiger partial charge in [-0.25, -0.2) is 0 Å². The van der Waals surface area contributed by atoms with Gasteiger partial charge in [-0.05, 0) is 51.4 Å². The molecule has 0 bridgehead atoms. The van der Waals surface area contributed by atoms with Gasteiger partial charge in [0.1, 0.15) is 5.76 Å². The average molecular weight is 446 g/mol. The minimum atomic E-state index is 0. The number of aliphatic imine (C=N–C) groups is 1. The van der Waals surface area contributed by atoms with Crippen molar-refractivity contribution in [2.45, 2.75) is 38.6 Å². The van der Waals surface area contributed by atoms with Crippen molar-refractivity contribution < 1.29 is 4.42 Å². The van der Waals surface area contributed by atoms with E-state index in [-0.39, 0.29) is 30.0 Å². The van der Waals surface area contributed by atoms with Crippen LogP contribution in [0, 0.1) is 0 Å². The maximum Gasteiger partial charge on any atom is 0.191 e. The summed E-state index contributed by atoms with van der Waals surface area (Å²) in [5, 5.41) is 6.79. The van der Waals surface area contributed by atoms with Crippen molar-refractivity contribution in [3.05, 3.63) is 36.3 Å². The van der Waals surface area contributed by atoms with E-state index in [1.807, 2.05) is 20.0 Å². The SMILES string of the molecule is CC=CCCNC(=NC)NCC(c1ccco1)N1CCCCC1.I. The second kappa shape index (κ2) is 12.4. The van der Waals surface area contributed by atoms with Gasteiger partial charge in [0.25, 0.3) is 0 Å². The first-order chi connectivity index (χ1) is 11.3. The van der Waals surface area contributed by atoms with Crippen molar-refractivity contribution in [2.24, 2.45) is 4.99 Å². The number of nitrogens with zero attached hydrogens (tertiary/aromatic N) is 2. The molecule has 24 heavy (non-hydrogen) atoms. The third-order valence-corrected chi connectivity index (χ3v) is 4.23. The van der Waals surface area contributed by atoms with Gasteiger partial charge in [-0.3, -0.25) is 9.89 Å². The minimum absolute atomic E-state index is 0. The zero-order valence-electron chi connectivity index (χ0n) is 14.8. The van der Waals surface area contributed by atoms with Gasteiger partial charge in [-0.2, -0.15) is 0 Å². The molecule has 1 saturated heterocycles. The molecule has 1 aromatic rings. The van der Waals surface area contributed by atoms with E-state index in [0.717, 1.165) is 44.3 Å². The lowest BCUT2D eigenvalue weighted by atomic mass is 10.1. The highest BCUT2D eigenvalue weighted by molar-refractivity contribution is 14.0. The van der Waals surface area contributed by atoms with Crippen LogP contribution in [0.1, 0.15) is 44.4 Å². The summed E-state index contributed by atoms with van der Waals surface area (Å²) >= 11 is 0. The molecule has 1 aromatic heterocycles. The van der Waals surface area contributed by atoms with E-state index < -0.39 is 0 Å². The molecule has 1 aliphatic rings. The van der Waals surface area contributed by atoms with Gasteiger partial charge in [-0.1, -0.05) is 18.6 Å². The molecule has 6 heteroatoms. The molecule has 0 aliphatic carbocycles. The molecule has 2 heterocycles. The Morgan fingerprint density at radius 1 is 1.33 bits per heavy atom. The Kier molecular flexibility index (Phi) is 10.8. The zero-order chi connectivity index (χ0) is 16.3. The van der Waals surface area contributed by atoms with E-state index in [4.69, 9.17) is 4.42 Å². The summed E-state index contributed by atoms with van der Waals surface area (Å²) in [7, 11) is 1.81. The molecule has 1 atom stereocenters. The molecule has 0 spiro atoms. The molecule has 2 rings (SSSR count). The highest BCUT2D eigenvalue weighted by Crippen LogP contribution is 2.24. The second-order valence-electron chi connectivity index (χ2n) is 5.87. The number of likely N-dealkylation sites (tertiary alicyclic amines) is 1. The highest BCUT2D eigenvalue weighted by Gasteiger charge is 2.24. The van der Waals surface area contributed by atoms with Crippen LogP contribution in [0.4, 0.5) is 0 Å². The van der Waals surface area contributed by atoms with E-state index in [2.05, 4.69) is 38.7 Å². The Morgan fingerprint density at radius 3 is 2.75 bits per heavy atom. The molecule has 1 fully saturated rings. The predicted molar refractivity (Wildman–Crippen MR) is 111 cm³/mol. The number of hydrogen-bond donors (Lipinski definition) is 2. The van der Waals surface area contributed by atoms with Crippen molar-refractivity contribution in [2.75, 3.05) is 33.2 Å². The van der Waals surface area contributed by atoms with E-state index >= 15 is 0 Å². The van der Waals surface area contributed by atoms with Crippen LogP contribution in [0.25, 0.3) is 0 Å². The van der Waals surface area contributed by atoms with E-state index in [9.17, 15) is 0 Å². The summed E-state index contributed by atoms with van der Waals surface area (Å²) < 4.78 is 5.68. The van der Waals surface area contributed by atoms with Gasteiger partial charge in [0.2, 0.25) is 0 Å². The number of halogens is 1. The summed E-state index contributed by atoms with van der Waals surface area (Å²) in [6.45, 7) is 6.01. The molecule has 2 N–H and O–H groups in total. The standard InChI is InChI=1S/C18H30N4O.HI/c1-3-4-6-11-20-18(19-2)21-15-16(17-10-9-14-23-17)22-12-7-5-8-13-22;/h3-4,9-10,14,16H,5-8,11-13,15H2,1-2H3,(H2,19,20,21);1H. The normalized spacial score (nSPS) is 17.5. The van der Waals surface area contributed by atoms with Crippen LogP contribution in [0.15, 0.2) is 40.0 Å². The Hall–Kier alpha value is -1.02. The number of allylic oxidation sites excluding steroid dienone is 1. The molecular weight excluding hydrogens is 415 g/mol. The fourth-order valence-corrected chi connectivity index (χ4v) is 2.98. The quantitative estimate of drug-likeness (QED) is 0.221. The first-order valence-corrected chi connectivity index (χ1v) is 8.68. The fraction of sp³-hybridized carbons (Fsp3) is 0.611. The minimum Gasteiger partial charge on any atom is -0.468 e. The van der Waals surface area contributed by atoms with Crippen LogP contribution >= 0.6 is 24.0 Å². The summed E-state index contributed by atoms with van der Waals surface area (Å²) in [4.78, 5) is 6.82. The van der Waals surface area contributed by atoms with E-state index in [0.29, 0.717) is 0 Å². The summed E-state index contributed by atoms with van der Waals surface area (Å²) in [5.74, 6) is 1.88. The van der Waals surface area contributed by atoms with Crippen LogP contribution in [-0.4, -0.2) is 44.1 Å². The summed E-state index contributed by atoms with van der Waals surface area (Å²) in [5.41, 5.74) is 0. The molecule has 136 valence electrons. The first kappa shape index (κ1) is 21.0. The molecule has 1 unspecified atom stereocenters. The Bertz CT molecular complexity index is 481. The number of nitrogens with one attached hydrogen (secondary N) is 2. The Morgan fingerprint density at radius 2 is 2.12 bits per heavy atom. The van der Waals surface area contributed by atoms with Crippen LogP contribution in [0.5, 0.6) is 0 Å². The summed E-state index contributed by atoms with van der Waals surface area (Å²) in [6.07, 6.45) is 10.9. The van der Waals surface area contributed by atoms with Crippen molar-refractivity contribution in [3.8, 4) is 0 Å². The number of piperidine rings is 1. The van der Waals surface area contributed by atoms with E-state index in [1.165, 1.54) is 19.3 Å². The maximum absolute atomic E-state index is 5.68. The molecule has 0 amide bonds. The van der Waals surface area contributed by atoms with Crippen LogP contribution in [0.3, 0.4) is 0 Å². The lowest BCUT2D eigenvalue weighted by molar-refractivity contribution is 0.146. The van der Waals surface area contributed by atoms with Gasteiger partial charge in [0, 0.05) is 20.1 Å². The van der Waals surface area contributed by atoms with Gasteiger partial charge >= 0.3 is 0 Å². The highest BCUT2D eigenvalue weighted by atomic mass is 127. The van der Waals surface area contributed by atoms with Crippen LogP contribution in [0.2, 0.25) is 0 Å². The topological polar surface area (TPSA) is 52.8 Å². The van der Waals surface area contributed by atoms with Crippen molar-refractivity contribution >= 4 is 29.9 Å². The van der Waals surface area contributed by atoms with Crippen LogP contribution < -0.4 is 10.6 Å². The lowest BCUT2D eigenvalue weighted by Crippen LogP contribution is -2.44. The third-order valence-electron chi connectivity index (χ3n) is 4.23. The van der Waals surface area contributed by atoms with Gasteiger partial charge in [0.05, 0.1) is 12.3 Å². The van der Waals surface area contributed by atoms with Crippen molar-refractivity contribution in [1.29, 1.82) is 0 Å². The van der Waals surface area contributed by atoms with Gasteiger partial charge in [-0.15, -0.1) is 24.0 Å². The molecule has 5 nitrogen and oxygen atoms in total. The molecular formula is C18H31IN4O. The molecule has 0 saturated carbocycles. The van der Waals surface area contributed by atoms with Gasteiger partial charge in [0.15, 0.2) is 5.96 Å². The average Bonchev–Trinajstić information content (AvgIpc) is 3.12. The number of furan rings is 1. The molecule has 1 aliphatic heterocycles. The lowest BCUT2D eigenvalue weighted by Gasteiger charge is -2.33. The fourth-order valence-electron chi connectivity index (χ4n) is 2.98. The largest absolute Gasteiger partial charge is 0.468 e. The first-order valence-electron chi connectivity index (χ1n) is 8.68. The number of rotatable bonds is 7.